The molecule has 1 fully saturated rings. The van der Waals surface area contributed by atoms with E-state index in [0.29, 0.717) is 48.9 Å². The highest BCUT2D eigenvalue weighted by atomic mass is 35.5. The highest BCUT2D eigenvalue weighted by molar-refractivity contribution is 6.35. The zero-order valence-electron chi connectivity index (χ0n) is 32.9. The number of ether oxygens (including phenoxy) is 1. The average molecular weight is 796 g/mol. The van der Waals surface area contributed by atoms with Crippen LogP contribution in [0.5, 0.6) is 5.75 Å². The van der Waals surface area contributed by atoms with Gasteiger partial charge in [0, 0.05) is 65.3 Å². The van der Waals surface area contributed by atoms with Crippen LogP contribution in [-0.2, 0) is 20.0 Å². The fourth-order valence-electron chi connectivity index (χ4n) is 9.11. The van der Waals surface area contributed by atoms with Crippen LogP contribution in [0.4, 0.5) is 5.69 Å². The molecule has 0 aliphatic carbocycles. The summed E-state index contributed by atoms with van der Waals surface area (Å²) in [5, 5.41) is 18.2. The number of carbonyl (C=O) groups is 2. The lowest BCUT2D eigenvalue weighted by Gasteiger charge is -2.34. The van der Waals surface area contributed by atoms with E-state index in [-0.39, 0.29) is 17.6 Å². The fourth-order valence-corrected chi connectivity index (χ4v) is 9.46. The van der Waals surface area contributed by atoms with E-state index in [9.17, 15) is 9.90 Å². The number of carboxylic acids is 1. The van der Waals surface area contributed by atoms with Crippen molar-refractivity contribution < 1.29 is 19.4 Å². The Morgan fingerprint density at radius 2 is 1.70 bits per heavy atom. The lowest BCUT2D eigenvalue weighted by molar-refractivity contribution is 0.0684. The van der Waals surface area contributed by atoms with Crippen molar-refractivity contribution in [3.8, 4) is 16.9 Å². The van der Waals surface area contributed by atoms with Crippen LogP contribution in [0.2, 0.25) is 10.0 Å². The average Bonchev–Trinajstić information content (AvgIpc) is 3.94. The van der Waals surface area contributed by atoms with Crippen LogP contribution in [0.15, 0.2) is 48.5 Å². The molecule has 0 radical (unpaired) electrons. The lowest BCUT2D eigenvalue weighted by atomic mass is 9.98. The topological polar surface area (TPSA) is 97.8 Å². The molecule has 1 saturated heterocycles. The van der Waals surface area contributed by atoms with Crippen LogP contribution in [0, 0.1) is 27.7 Å². The van der Waals surface area contributed by atoms with Crippen molar-refractivity contribution in [2.75, 3.05) is 37.7 Å². The Morgan fingerprint density at radius 3 is 2.38 bits per heavy atom. The Morgan fingerprint density at radius 1 is 0.964 bits per heavy atom. The van der Waals surface area contributed by atoms with E-state index in [0.717, 1.165) is 91.4 Å². The maximum absolute atomic E-state index is 15.2. The smallest absolute Gasteiger partial charge is 0.352 e. The number of hydrogen-bond donors (Lipinski definition) is 1. The van der Waals surface area contributed by atoms with Gasteiger partial charge < -0.3 is 28.8 Å². The highest BCUT2D eigenvalue weighted by Gasteiger charge is 2.37. The Hall–Kier alpha value is -4.77. The standard InChI is InChI=1S/C44H48Cl2N6O4/c1-25-21-30(22-26(2)40(25)46)56-20-10-11-31-32-14-15-34(45)39(38-28(4)47-48(6)29(38)5)41(32)52-27(3)24-51(43(53)42(31)52)36-13-9-12-35-33(36)23-37(44(54)55)50(35)19-18-49-16-7-8-17-49/h9,12-15,21-23,27H,7-8,10-11,16-20,24H2,1-6H3,(H,54,55). The molecule has 2 aliphatic heterocycles. The molecule has 5 heterocycles. The second kappa shape index (κ2) is 15.0. The summed E-state index contributed by atoms with van der Waals surface area (Å²) in [6, 6.07) is 15.3. The highest BCUT2D eigenvalue weighted by Crippen LogP contribution is 2.46. The fraction of sp³-hybridized carbons (Fsp3) is 0.386. The van der Waals surface area contributed by atoms with Crippen molar-refractivity contribution in [3.63, 3.8) is 0 Å². The molecule has 8 rings (SSSR count). The largest absolute Gasteiger partial charge is 0.494 e. The summed E-state index contributed by atoms with van der Waals surface area (Å²) in [5.74, 6) is -0.345. The maximum atomic E-state index is 15.2. The molecule has 3 aromatic carbocycles. The number of hydrogen-bond acceptors (Lipinski definition) is 5. The summed E-state index contributed by atoms with van der Waals surface area (Å²) < 4.78 is 12.2. The Kier molecular flexibility index (Phi) is 10.2. The van der Waals surface area contributed by atoms with Gasteiger partial charge in [-0.2, -0.15) is 5.10 Å². The molecule has 56 heavy (non-hydrogen) atoms. The van der Waals surface area contributed by atoms with Gasteiger partial charge in [0.05, 0.1) is 34.0 Å². The van der Waals surface area contributed by atoms with Gasteiger partial charge in [0.2, 0.25) is 0 Å². The minimum atomic E-state index is -0.981. The monoisotopic (exact) mass is 794 g/mol. The normalized spacial score (nSPS) is 16.1. The van der Waals surface area contributed by atoms with Crippen LogP contribution in [0.3, 0.4) is 0 Å². The van der Waals surface area contributed by atoms with Gasteiger partial charge in [0.15, 0.2) is 0 Å². The van der Waals surface area contributed by atoms with E-state index in [1.165, 1.54) is 12.8 Å². The van der Waals surface area contributed by atoms with Gasteiger partial charge in [-0.1, -0.05) is 35.3 Å². The predicted octanol–water partition coefficient (Wildman–Crippen LogP) is 9.56. The van der Waals surface area contributed by atoms with Crippen molar-refractivity contribution >= 4 is 62.6 Å². The zero-order valence-corrected chi connectivity index (χ0v) is 34.4. The van der Waals surface area contributed by atoms with Crippen LogP contribution >= 0.6 is 23.2 Å². The Bertz CT molecular complexity index is 2520. The Balaban J connectivity index is 1.24. The zero-order chi connectivity index (χ0) is 39.6. The van der Waals surface area contributed by atoms with Gasteiger partial charge in [0.25, 0.3) is 5.91 Å². The first-order valence-electron chi connectivity index (χ1n) is 19.5. The number of carboxylic acid groups (broad SMARTS) is 1. The van der Waals surface area contributed by atoms with Gasteiger partial charge in [-0.25, -0.2) is 4.79 Å². The molecule has 1 unspecified atom stereocenters. The molecule has 0 saturated carbocycles. The van der Waals surface area contributed by atoms with Crippen LogP contribution < -0.4 is 9.64 Å². The number of nitrogens with zero attached hydrogens (tertiary/aromatic N) is 6. The number of amides is 1. The molecular formula is C44H48Cl2N6O4. The summed E-state index contributed by atoms with van der Waals surface area (Å²) in [5.41, 5.74) is 9.85. The van der Waals surface area contributed by atoms with Gasteiger partial charge in [-0.3, -0.25) is 9.48 Å². The van der Waals surface area contributed by atoms with Crippen molar-refractivity contribution in [1.29, 1.82) is 0 Å². The number of aromatic nitrogens is 4. The minimum absolute atomic E-state index is 0.130. The molecule has 0 spiro atoms. The third-order valence-electron chi connectivity index (χ3n) is 11.8. The number of fused-ring (bicyclic) bond motifs is 4. The van der Waals surface area contributed by atoms with Crippen LogP contribution in [0.25, 0.3) is 32.9 Å². The van der Waals surface area contributed by atoms with Gasteiger partial charge >= 0.3 is 5.97 Å². The summed E-state index contributed by atoms with van der Waals surface area (Å²) >= 11 is 13.6. The maximum Gasteiger partial charge on any atom is 0.352 e. The van der Waals surface area contributed by atoms with Gasteiger partial charge in [-0.15, -0.1) is 0 Å². The number of aryl methyl sites for hydroxylation is 5. The quantitative estimate of drug-likeness (QED) is 0.131. The summed E-state index contributed by atoms with van der Waals surface area (Å²) in [6.45, 7) is 14.4. The van der Waals surface area contributed by atoms with Crippen molar-refractivity contribution in [1.82, 2.24) is 23.8 Å². The van der Waals surface area contributed by atoms with Crippen molar-refractivity contribution in [2.24, 2.45) is 7.05 Å². The lowest BCUT2D eigenvalue weighted by Crippen LogP contribution is -2.42. The molecule has 1 amide bonds. The predicted molar refractivity (Wildman–Crippen MR) is 224 cm³/mol. The van der Waals surface area contributed by atoms with E-state index in [2.05, 4.69) is 16.4 Å². The summed E-state index contributed by atoms with van der Waals surface area (Å²) in [6.07, 6.45) is 3.58. The van der Waals surface area contributed by atoms with E-state index in [1.807, 2.05) is 91.4 Å². The third-order valence-corrected chi connectivity index (χ3v) is 12.7. The number of rotatable bonds is 11. The molecule has 6 aromatic rings. The van der Waals surface area contributed by atoms with E-state index in [1.54, 1.807) is 6.07 Å². The number of anilines is 1. The second-order valence-corrected chi connectivity index (χ2v) is 16.3. The van der Waals surface area contributed by atoms with E-state index in [4.69, 9.17) is 33.0 Å². The summed E-state index contributed by atoms with van der Waals surface area (Å²) in [7, 11) is 1.93. The molecule has 12 heteroatoms. The molecule has 1 atom stereocenters. The number of aromatic carboxylic acids is 1. The number of benzene rings is 3. The molecule has 292 valence electrons. The molecule has 2 aliphatic rings. The number of carbonyl (C=O) groups excluding carboxylic acids is 1. The first-order valence-corrected chi connectivity index (χ1v) is 20.3. The van der Waals surface area contributed by atoms with Crippen LogP contribution in [-0.4, -0.2) is 73.6 Å². The molecule has 1 N–H and O–H groups in total. The van der Waals surface area contributed by atoms with Gasteiger partial charge in [0.1, 0.15) is 17.1 Å². The first-order chi connectivity index (χ1) is 26.8. The van der Waals surface area contributed by atoms with E-state index >= 15 is 4.79 Å². The van der Waals surface area contributed by atoms with Crippen molar-refractivity contribution in [3.05, 3.63) is 98.0 Å². The molecule has 10 nitrogen and oxygen atoms in total. The molecule has 3 aromatic heterocycles. The SMILES string of the molecule is Cc1cc(OCCCc2c3n(c4c(-c5c(C)nn(C)c5C)c(Cl)ccc24)C(C)CN(c2cccc4c2cc(C(=O)O)n4CCN2CCCC2)C3=O)cc(C)c1Cl. The Labute approximate surface area is 337 Å². The first kappa shape index (κ1) is 38.1. The third kappa shape index (κ3) is 6.45. The number of halogens is 2. The molecular weight excluding hydrogens is 747 g/mol. The van der Waals surface area contributed by atoms with Gasteiger partial charge in [-0.05, 0) is 126 Å². The van der Waals surface area contributed by atoms with Crippen LogP contribution in [0.1, 0.15) is 81.3 Å². The number of likely N-dealkylation sites (tertiary alicyclic amines) is 1. The van der Waals surface area contributed by atoms with E-state index < -0.39 is 5.97 Å². The summed E-state index contributed by atoms with van der Waals surface area (Å²) in [4.78, 5) is 32.1. The molecule has 0 bridgehead atoms. The second-order valence-electron chi connectivity index (χ2n) is 15.5. The minimum Gasteiger partial charge on any atom is -0.494 e. The van der Waals surface area contributed by atoms with Crippen molar-refractivity contribution in [2.45, 2.75) is 72.9 Å².